The molecule has 2 rings (SSSR count). The van der Waals surface area contributed by atoms with Crippen molar-refractivity contribution in [3.05, 3.63) is 16.1 Å². The maximum atomic E-state index is 12.3. The molecular formula is C12H18F3N3S. The van der Waals surface area contributed by atoms with Crippen LogP contribution in [0.2, 0.25) is 0 Å². The number of alkyl halides is 3. The van der Waals surface area contributed by atoms with Crippen LogP contribution in [-0.2, 0) is 6.54 Å². The first-order chi connectivity index (χ1) is 8.94. The van der Waals surface area contributed by atoms with Crippen LogP contribution >= 0.6 is 11.3 Å². The van der Waals surface area contributed by atoms with Crippen molar-refractivity contribution in [2.75, 3.05) is 19.6 Å². The van der Waals surface area contributed by atoms with E-state index in [1.54, 1.807) is 11.3 Å². The summed E-state index contributed by atoms with van der Waals surface area (Å²) in [7, 11) is 0. The van der Waals surface area contributed by atoms with E-state index >= 15 is 0 Å². The predicted molar refractivity (Wildman–Crippen MR) is 69.2 cm³/mol. The van der Waals surface area contributed by atoms with Crippen LogP contribution in [0.15, 0.2) is 5.51 Å². The third kappa shape index (κ3) is 4.74. The first kappa shape index (κ1) is 14.7. The van der Waals surface area contributed by atoms with E-state index in [4.69, 9.17) is 0 Å². The number of nitrogens with one attached hydrogen (secondary N) is 1. The number of aryl methyl sites for hydroxylation is 1. The first-order valence-corrected chi connectivity index (χ1v) is 7.23. The van der Waals surface area contributed by atoms with Gasteiger partial charge in [-0.25, -0.2) is 4.98 Å². The maximum Gasteiger partial charge on any atom is 0.401 e. The van der Waals surface area contributed by atoms with Gasteiger partial charge in [-0.2, -0.15) is 13.2 Å². The van der Waals surface area contributed by atoms with Crippen LogP contribution in [0.25, 0.3) is 0 Å². The molecule has 0 amide bonds. The minimum absolute atomic E-state index is 0.311. The topological polar surface area (TPSA) is 28.2 Å². The molecule has 0 aromatic carbocycles. The molecule has 2 heterocycles. The van der Waals surface area contributed by atoms with Crippen molar-refractivity contribution in [2.24, 2.45) is 0 Å². The summed E-state index contributed by atoms with van der Waals surface area (Å²) in [5.74, 6) is 0. The second-order valence-corrected chi connectivity index (χ2v) is 5.85. The Morgan fingerprint density at radius 1 is 1.42 bits per heavy atom. The van der Waals surface area contributed by atoms with Gasteiger partial charge in [0.05, 0.1) is 17.7 Å². The van der Waals surface area contributed by atoms with Crippen LogP contribution in [0, 0.1) is 6.92 Å². The number of aromatic nitrogens is 1. The molecule has 0 aliphatic carbocycles. The van der Waals surface area contributed by atoms with Crippen LogP contribution in [0.1, 0.15) is 23.4 Å². The molecule has 0 atom stereocenters. The minimum atomic E-state index is -4.08. The second-order valence-electron chi connectivity index (χ2n) is 4.91. The highest BCUT2D eigenvalue weighted by Gasteiger charge is 2.32. The lowest BCUT2D eigenvalue weighted by atomic mass is 10.1. The number of thiazole rings is 1. The Labute approximate surface area is 114 Å². The molecule has 7 heteroatoms. The summed E-state index contributed by atoms with van der Waals surface area (Å²) in [4.78, 5) is 6.87. The number of hydrogen-bond donors (Lipinski definition) is 1. The molecule has 108 valence electrons. The lowest BCUT2D eigenvalue weighted by Gasteiger charge is -2.32. The van der Waals surface area contributed by atoms with Gasteiger partial charge in [-0.15, -0.1) is 11.3 Å². The lowest BCUT2D eigenvalue weighted by molar-refractivity contribution is -0.148. The van der Waals surface area contributed by atoms with Crippen LogP contribution in [0.4, 0.5) is 13.2 Å². The van der Waals surface area contributed by atoms with E-state index in [0.29, 0.717) is 19.1 Å². The molecule has 0 bridgehead atoms. The summed E-state index contributed by atoms with van der Waals surface area (Å²) in [6.07, 6.45) is -2.54. The summed E-state index contributed by atoms with van der Waals surface area (Å²) < 4.78 is 36.8. The molecule has 0 spiro atoms. The Kier molecular flexibility index (Phi) is 4.81. The fourth-order valence-corrected chi connectivity index (χ4v) is 3.01. The molecule has 1 saturated heterocycles. The molecule has 0 saturated carbocycles. The van der Waals surface area contributed by atoms with Gasteiger partial charge in [-0.3, -0.25) is 4.90 Å². The fraction of sp³-hybridized carbons (Fsp3) is 0.750. The Hall–Kier alpha value is -0.660. The molecule has 3 nitrogen and oxygen atoms in total. The minimum Gasteiger partial charge on any atom is -0.309 e. The fourth-order valence-electron chi connectivity index (χ4n) is 2.28. The number of rotatable bonds is 4. The third-order valence-corrected chi connectivity index (χ3v) is 4.32. The van der Waals surface area contributed by atoms with Crippen molar-refractivity contribution < 1.29 is 13.2 Å². The molecule has 19 heavy (non-hydrogen) atoms. The van der Waals surface area contributed by atoms with Crippen molar-refractivity contribution >= 4 is 11.3 Å². The van der Waals surface area contributed by atoms with Gasteiger partial charge in [0.1, 0.15) is 0 Å². The van der Waals surface area contributed by atoms with E-state index in [-0.39, 0.29) is 0 Å². The highest BCUT2D eigenvalue weighted by Crippen LogP contribution is 2.20. The van der Waals surface area contributed by atoms with Gasteiger partial charge in [-0.1, -0.05) is 0 Å². The number of piperidine rings is 1. The monoisotopic (exact) mass is 293 g/mol. The number of likely N-dealkylation sites (tertiary alicyclic amines) is 1. The zero-order valence-electron chi connectivity index (χ0n) is 10.8. The van der Waals surface area contributed by atoms with Crippen molar-refractivity contribution in [2.45, 2.75) is 38.5 Å². The van der Waals surface area contributed by atoms with Gasteiger partial charge in [0, 0.05) is 17.5 Å². The standard InChI is InChI=1S/C12H18F3N3S/c1-9-11(19-8-17-9)6-16-10-2-4-18(5-3-10)7-12(13,14)15/h8,10,16H,2-7H2,1H3. The van der Waals surface area contributed by atoms with Gasteiger partial charge in [0.15, 0.2) is 0 Å². The van der Waals surface area contributed by atoms with Crippen molar-refractivity contribution in [3.63, 3.8) is 0 Å². The Balaban J connectivity index is 1.70. The molecule has 1 fully saturated rings. The largest absolute Gasteiger partial charge is 0.401 e. The first-order valence-electron chi connectivity index (χ1n) is 6.35. The van der Waals surface area contributed by atoms with Crippen molar-refractivity contribution in [3.8, 4) is 0 Å². The number of halogens is 3. The molecule has 1 N–H and O–H groups in total. The van der Waals surface area contributed by atoms with E-state index in [2.05, 4.69) is 10.3 Å². The van der Waals surface area contributed by atoms with Crippen molar-refractivity contribution in [1.29, 1.82) is 0 Å². The van der Waals surface area contributed by atoms with E-state index < -0.39 is 12.7 Å². The van der Waals surface area contributed by atoms with Gasteiger partial charge in [0.2, 0.25) is 0 Å². The third-order valence-electron chi connectivity index (χ3n) is 3.39. The van der Waals surface area contributed by atoms with Gasteiger partial charge >= 0.3 is 6.18 Å². The van der Waals surface area contributed by atoms with Crippen LogP contribution < -0.4 is 5.32 Å². The van der Waals surface area contributed by atoms with Gasteiger partial charge in [-0.05, 0) is 32.9 Å². The summed E-state index contributed by atoms with van der Waals surface area (Å²) in [6.45, 7) is 2.98. The zero-order chi connectivity index (χ0) is 13.9. The van der Waals surface area contributed by atoms with E-state index in [9.17, 15) is 13.2 Å². The number of nitrogens with zero attached hydrogens (tertiary/aromatic N) is 2. The maximum absolute atomic E-state index is 12.3. The SMILES string of the molecule is Cc1ncsc1CNC1CCN(CC(F)(F)F)CC1. The Morgan fingerprint density at radius 2 is 2.11 bits per heavy atom. The summed E-state index contributed by atoms with van der Waals surface area (Å²) >= 11 is 1.61. The van der Waals surface area contributed by atoms with E-state index in [0.717, 1.165) is 25.1 Å². The molecular weight excluding hydrogens is 275 g/mol. The number of hydrogen-bond acceptors (Lipinski definition) is 4. The molecule has 1 aliphatic heterocycles. The second kappa shape index (κ2) is 6.19. The molecule has 1 aromatic rings. The highest BCUT2D eigenvalue weighted by atomic mass is 32.1. The average Bonchev–Trinajstić information content (AvgIpc) is 2.72. The molecule has 1 aromatic heterocycles. The highest BCUT2D eigenvalue weighted by molar-refractivity contribution is 7.09. The summed E-state index contributed by atoms with van der Waals surface area (Å²) in [5.41, 5.74) is 2.85. The molecule has 1 aliphatic rings. The molecule has 0 unspecified atom stereocenters. The lowest BCUT2D eigenvalue weighted by Crippen LogP contribution is -2.45. The van der Waals surface area contributed by atoms with E-state index in [1.165, 1.54) is 9.78 Å². The molecule has 0 radical (unpaired) electrons. The normalized spacial score (nSPS) is 18.9. The predicted octanol–water partition coefficient (Wildman–Crippen LogP) is 2.57. The van der Waals surface area contributed by atoms with Gasteiger partial charge in [0.25, 0.3) is 0 Å². The van der Waals surface area contributed by atoms with Crippen LogP contribution in [0.3, 0.4) is 0 Å². The van der Waals surface area contributed by atoms with Crippen LogP contribution in [-0.4, -0.2) is 41.7 Å². The summed E-state index contributed by atoms with van der Waals surface area (Å²) in [5, 5.41) is 3.41. The summed E-state index contributed by atoms with van der Waals surface area (Å²) in [6, 6.07) is 0.311. The zero-order valence-corrected chi connectivity index (χ0v) is 11.7. The quantitative estimate of drug-likeness (QED) is 0.925. The van der Waals surface area contributed by atoms with Crippen molar-refractivity contribution in [1.82, 2.24) is 15.2 Å². The Morgan fingerprint density at radius 3 is 2.63 bits per heavy atom. The van der Waals surface area contributed by atoms with E-state index in [1.807, 2.05) is 12.4 Å². The Bertz CT molecular complexity index is 397. The van der Waals surface area contributed by atoms with Gasteiger partial charge < -0.3 is 5.32 Å². The average molecular weight is 293 g/mol. The smallest absolute Gasteiger partial charge is 0.309 e. The van der Waals surface area contributed by atoms with Crippen LogP contribution in [0.5, 0.6) is 0 Å².